The molecule has 0 saturated carbocycles. The van der Waals surface area contributed by atoms with Gasteiger partial charge in [-0.25, -0.2) is 0 Å². The highest BCUT2D eigenvalue weighted by atomic mass is 31.1. The first-order chi connectivity index (χ1) is 3.39. The van der Waals surface area contributed by atoms with Gasteiger partial charge in [0.15, 0.2) is 0 Å². The molecule has 1 atom stereocenters. The average Bonchev–Trinajstić information content (AvgIpc) is 1.69. The first kappa shape index (κ1) is 4.67. The van der Waals surface area contributed by atoms with Crippen LogP contribution in [0.15, 0.2) is 24.0 Å². The molecular weight excluding hydrogens is 103 g/mol. The zero-order chi connectivity index (χ0) is 5.11. The number of allylic oxidation sites excluding steroid dienone is 3. The van der Waals surface area contributed by atoms with Crippen LogP contribution in [0.2, 0.25) is 0 Å². The van der Waals surface area contributed by atoms with Crippen LogP contribution < -0.4 is 0 Å². The highest BCUT2D eigenvalue weighted by molar-refractivity contribution is 7.59. The maximum absolute atomic E-state index is 3.87. The Morgan fingerprint density at radius 2 is 2.00 bits per heavy atom. The van der Waals surface area contributed by atoms with Crippen molar-refractivity contribution in [1.29, 1.82) is 0 Å². The van der Waals surface area contributed by atoms with E-state index in [-0.39, 0.29) is 7.17 Å². The molecule has 7 heavy (non-hydrogen) atoms. The minimum atomic E-state index is -0.134. The van der Waals surface area contributed by atoms with E-state index in [4.69, 9.17) is 0 Å². The summed E-state index contributed by atoms with van der Waals surface area (Å²) in [6.07, 6.45) is 9.97. The Morgan fingerprint density at radius 3 is 2.29 bits per heavy atom. The molecule has 0 saturated heterocycles. The van der Waals surface area contributed by atoms with Crippen molar-refractivity contribution in [1.82, 2.24) is 0 Å². The fourth-order valence-electron chi connectivity index (χ4n) is 0.434. The first-order valence-electron chi connectivity index (χ1n) is 2.17. The van der Waals surface area contributed by atoms with Gasteiger partial charge in [0.25, 0.3) is 0 Å². The number of hydrogen-bond acceptors (Lipinski definition) is 0. The third kappa shape index (κ3) is 1.21. The highest BCUT2D eigenvalue weighted by Crippen LogP contribution is 2.08. The van der Waals surface area contributed by atoms with Gasteiger partial charge in [-0.1, -0.05) is 24.5 Å². The summed E-state index contributed by atoms with van der Waals surface area (Å²) in [4.78, 5) is 0. The fourth-order valence-corrected chi connectivity index (χ4v) is 1.17. The van der Waals surface area contributed by atoms with E-state index in [1.807, 2.05) is 18.2 Å². The third-order valence-corrected chi connectivity index (χ3v) is 1.89. The third-order valence-electron chi connectivity index (χ3n) is 0.777. The second-order valence-corrected chi connectivity index (χ2v) is 3.01. The molecule has 0 N–H and O–H groups in total. The molecule has 1 aliphatic rings. The molecule has 1 aliphatic heterocycles. The van der Waals surface area contributed by atoms with Gasteiger partial charge in [0.2, 0.25) is 0 Å². The predicted molar refractivity (Wildman–Crippen MR) is 38.4 cm³/mol. The zero-order valence-corrected chi connectivity index (χ0v) is 4.94. The van der Waals surface area contributed by atoms with Crippen molar-refractivity contribution < 1.29 is 0 Å². The number of hydrogen-bond donors (Lipinski definition) is 0. The van der Waals surface area contributed by atoms with E-state index in [0.717, 1.165) is 0 Å². The van der Waals surface area contributed by atoms with Gasteiger partial charge in [0.05, 0.1) is 0 Å². The van der Waals surface area contributed by atoms with Gasteiger partial charge in [-0.3, -0.25) is 0 Å². The van der Waals surface area contributed by atoms with Crippen molar-refractivity contribution >= 4 is 19.3 Å². The zero-order valence-electron chi connectivity index (χ0n) is 4.04. The van der Waals surface area contributed by atoms with Crippen LogP contribution in [-0.2, 0) is 0 Å². The Kier molecular flexibility index (Phi) is 1.33. The summed E-state index contributed by atoms with van der Waals surface area (Å²) in [5.41, 5.74) is 0. The first-order valence-corrected chi connectivity index (χ1v) is 3.83. The molecule has 0 aromatic carbocycles. The number of rotatable bonds is 0. The molecule has 0 amide bonds. The molecule has 0 radical (unpaired) electrons. The van der Waals surface area contributed by atoms with Crippen molar-refractivity contribution in [2.75, 3.05) is 0 Å². The lowest BCUT2D eigenvalue weighted by Crippen LogP contribution is -1.60. The Labute approximate surface area is 44.2 Å². The Morgan fingerprint density at radius 1 is 1.14 bits per heavy atom. The van der Waals surface area contributed by atoms with Gasteiger partial charge in [-0.05, 0) is 11.6 Å². The maximum atomic E-state index is 3.87. The van der Waals surface area contributed by atoms with E-state index >= 15 is 0 Å². The molecule has 0 aromatic rings. The normalized spacial score (nSPS) is 22.0. The lowest BCUT2D eigenvalue weighted by molar-refractivity contribution is 2.06. The van der Waals surface area contributed by atoms with Crippen LogP contribution in [0.25, 0.3) is 0 Å². The van der Waals surface area contributed by atoms with Crippen LogP contribution in [0.5, 0.6) is 0 Å². The molecule has 0 fully saturated rings. The summed E-state index contributed by atoms with van der Waals surface area (Å²) in [6.45, 7) is 0. The molecule has 1 unspecified atom stereocenters. The second-order valence-electron chi connectivity index (χ2n) is 1.39. The van der Waals surface area contributed by atoms with E-state index in [1.54, 1.807) is 0 Å². The molecule has 0 nitrogen and oxygen atoms in total. The SMILES string of the molecule is C=P1=CC=CC=C1. The molecule has 1 heterocycles. The van der Waals surface area contributed by atoms with Gasteiger partial charge < -0.3 is 0 Å². The van der Waals surface area contributed by atoms with E-state index < -0.39 is 0 Å². The minimum absolute atomic E-state index is 0.134. The van der Waals surface area contributed by atoms with Gasteiger partial charge >= 0.3 is 0 Å². The van der Waals surface area contributed by atoms with Crippen molar-refractivity contribution in [2.24, 2.45) is 0 Å². The summed E-state index contributed by atoms with van der Waals surface area (Å²) in [7, 11) is -0.134. The van der Waals surface area contributed by atoms with Crippen molar-refractivity contribution in [3.05, 3.63) is 24.0 Å². The highest BCUT2D eigenvalue weighted by Gasteiger charge is 1.70. The fraction of sp³-hybridized carbons (Fsp3) is 0. The second kappa shape index (κ2) is 1.99. The van der Waals surface area contributed by atoms with Crippen LogP contribution >= 0.6 is 7.17 Å². The topological polar surface area (TPSA) is 0 Å². The van der Waals surface area contributed by atoms with Crippen LogP contribution in [-0.4, -0.2) is 12.1 Å². The van der Waals surface area contributed by atoms with Crippen molar-refractivity contribution in [3.63, 3.8) is 0 Å². The van der Waals surface area contributed by atoms with Gasteiger partial charge in [0, 0.05) is 0 Å². The Balaban J connectivity index is 3.04. The van der Waals surface area contributed by atoms with Crippen molar-refractivity contribution in [3.8, 4) is 0 Å². The standard InChI is InChI=1S/C6H7P/c1-7-5-3-2-4-6-7/h2-6H,1H2. The van der Waals surface area contributed by atoms with E-state index in [0.29, 0.717) is 0 Å². The Hall–Kier alpha value is -0.480. The van der Waals surface area contributed by atoms with E-state index in [2.05, 4.69) is 17.9 Å². The Bertz CT molecular complexity index is 178. The van der Waals surface area contributed by atoms with Gasteiger partial charge in [-0.15, -0.1) is 7.17 Å². The quantitative estimate of drug-likeness (QED) is 0.417. The smallest absolute Gasteiger partial charge is 0.0392 e. The molecule has 0 aromatic heterocycles. The molecule has 0 bridgehead atoms. The summed E-state index contributed by atoms with van der Waals surface area (Å²) in [6, 6.07) is 0. The predicted octanol–water partition coefficient (Wildman–Crippen LogP) is 1.79. The maximum Gasteiger partial charge on any atom is -0.0392 e. The average molecular weight is 110 g/mol. The van der Waals surface area contributed by atoms with Crippen LogP contribution in [0.4, 0.5) is 0 Å². The van der Waals surface area contributed by atoms with E-state index in [9.17, 15) is 0 Å². The van der Waals surface area contributed by atoms with Crippen LogP contribution in [0.1, 0.15) is 0 Å². The molecule has 1 heteroatoms. The monoisotopic (exact) mass is 110 g/mol. The van der Waals surface area contributed by atoms with Gasteiger partial charge in [0.1, 0.15) is 0 Å². The molecular formula is C6H7P. The molecule has 0 spiro atoms. The molecule has 36 valence electrons. The lowest BCUT2D eigenvalue weighted by Gasteiger charge is -1.83. The summed E-state index contributed by atoms with van der Waals surface area (Å²) < 4.78 is 0. The van der Waals surface area contributed by atoms with E-state index in [1.165, 1.54) is 0 Å². The largest absolute Gasteiger partial charge is 0.108 e. The molecule has 1 rings (SSSR count). The molecule has 0 aliphatic carbocycles. The van der Waals surface area contributed by atoms with Gasteiger partial charge in [-0.2, -0.15) is 0 Å². The summed E-state index contributed by atoms with van der Waals surface area (Å²) >= 11 is 0. The summed E-state index contributed by atoms with van der Waals surface area (Å²) in [5, 5.41) is 0. The van der Waals surface area contributed by atoms with Crippen LogP contribution in [0.3, 0.4) is 0 Å². The van der Waals surface area contributed by atoms with Crippen LogP contribution in [0, 0.1) is 0 Å². The minimum Gasteiger partial charge on any atom is -0.108 e. The lowest BCUT2D eigenvalue weighted by atomic mass is 10.5. The summed E-state index contributed by atoms with van der Waals surface area (Å²) in [5.74, 6) is 4.24. The van der Waals surface area contributed by atoms with Crippen molar-refractivity contribution in [2.45, 2.75) is 0 Å².